The first-order chi connectivity index (χ1) is 11.5. The predicted molar refractivity (Wildman–Crippen MR) is 87.1 cm³/mol. The van der Waals surface area contributed by atoms with Gasteiger partial charge in [-0.2, -0.15) is 0 Å². The molecule has 7 nitrogen and oxygen atoms in total. The number of ether oxygens (including phenoxy) is 3. The normalized spacial score (nSPS) is 11.5. The molecule has 0 aliphatic rings. The van der Waals surface area contributed by atoms with Gasteiger partial charge in [0.15, 0.2) is 23.4 Å². The summed E-state index contributed by atoms with van der Waals surface area (Å²) in [6.07, 6.45) is -0.899. The number of methoxy groups -OCH3 is 2. The van der Waals surface area contributed by atoms with E-state index in [1.807, 2.05) is 0 Å². The van der Waals surface area contributed by atoms with Gasteiger partial charge in [-0.15, -0.1) is 0 Å². The van der Waals surface area contributed by atoms with Gasteiger partial charge in [-0.25, -0.2) is 0 Å². The molecule has 2 aromatic rings. The van der Waals surface area contributed by atoms with Gasteiger partial charge in [0.05, 0.1) is 19.1 Å². The molecule has 0 fully saturated rings. The lowest BCUT2D eigenvalue weighted by atomic mass is 10.1. The summed E-state index contributed by atoms with van der Waals surface area (Å²) in [6, 6.07) is 10.7. The number of nitrogens with zero attached hydrogens (tertiary/aromatic N) is 1. The molecule has 0 N–H and O–H groups in total. The Labute approximate surface area is 138 Å². The van der Waals surface area contributed by atoms with Crippen molar-refractivity contribution >= 4 is 11.5 Å². The second-order valence-corrected chi connectivity index (χ2v) is 4.92. The minimum absolute atomic E-state index is 0.0452. The molecule has 0 amide bonds. The van der Waals surface area contributed by atoms with Crippen LogP contribution in [0.2, 0.25) is 0 Å². The van der Waals surface area contributed by atoms with Gasteiger partial charge in [0.2, 0.25) is 5.78 Å². The fraction of sp³-hybridized carbons (Fsp3) is 0.235. The lowest BCUT2D eigenvalue weighted by molar-refractivity contribution is -0.386. The van der Waals surface area contributed by atoms with E-state index in [2.05, 4.69) is 0 Å². The maximum atomic E-state index is 12.5. The molecule has 0 aliphatic heterocycles. The number of nitro groups is 1. The van der Waals surface area contributed by atoms with E-state index in [0.29, 0.717) is 17.1 Å². The van der Waals surface area contributed by atoms with Gasteiger partial charge in [0.1, 0.15) is 0 Å². The Morgan fingerprint density at radius 2 is 1.71 bits per heavy atom. The summed E-state index contributed by atoms with van der Waals surface area (Å²) in [7, 11) is 2.97. The Bertz CT molecular complexity index is 758. The average Bonchev–Trinajstić information content (AvgIpc) is 2.60. The monoisotopic (exact) mass is 331 g/mol. The van der Waals surface area contributed by atoms with E-state index in [4.69, 9.17) is 14.2 Å². The third-order valence-corrected chi connectivity index (χ3v) is 3.40. The van der Waals surface area contributed by atoms with Crippen LogP contribution in [-0.4, -0.2) is 31.0 Å². The Morgan fingerprint density at radius 3 is 2.33 bits per heavy atom. The van der Waals surface area contributed by atoms with Crippen LogP contribution in [-0.2, 0) is 0 Å². The van der Waals surface area contributed by atoms with Crippen molar-refractivity contribution in [3.8, 4) is 17.2 Å². The van der Waals surface area contributed by atoms with Gasteiger partial charge < -0.3 is 14.2 Å². The zero-order valence-electron chi connectivity index (χ0n) is 13.5. The highest BCUT2D eigenvalue weighted by molar-refractivity contribution is 6.00. The lowest BCUT2D eigenvalue weighted by Gasteiger charge is -2.15. The van der Waals surface area contributed by atoms with Crippen LogP contribution in [0.5, 0.6) is 17.2 Å². The minimum Gasteiger partial charge on any atom is -0.493 e. The Balaban J connectivity index is 2.23. The number of hydrogen-bond donors (Lipinski definition) is 0. The maximum Gasteiger partial charge on any atom is 0.310 e. The van der Waals surface area contributed by atoms with Crippen LogP contribution in [0, 0.1) is 10.1 Å². The van der Waals surface area contributed by atoms with Crippen LogP contribution < -0.4 is 14.2 Å². The van der Waals surface area contributed by atoms with Crippen molar-refractivity contribution in [3.05, 3.63) is 58.1 Å². The summed E-state index contributed by atoms with van der Waals surface area (Å²) < 4.78 is 15.8. The molecule has 0 bridgehead atoms. The quantitative estimate of drug-likeness (QED) is 0.439. The molecule has 126 valence electrons. The van der Waals surface area contributed by atoms with Crippen LogP contribution in [0.1, 0.15) is 17.3 Å². The molecule has 0 radical (unpaired) electrons. The van der Waals surface area contributed by atoms with Crippen LogP contribution >= 0.6 is 0 Å². The van der Waals surface area contributed by atoms with Gasteiger partial charge in [-0.05, 0) is 31.2 Å². The van der Waals surface area contributed by atoms with Crippen molar-refractivity contribution in [2.45, 2.75) is 13.0 Å². The third-order valence-electron chi connectivity index (χ3n) is 3.40. The van der Waals surface area contributed by atoms with Crippen LogP contribution in [0.25, 0.3) is 0 Å². The van der Waals surface area contributed by atoms with Crippen LogP contribution in [0.3, 0.4) is 0 Å². The SMILES string of the molecule is COc1ccc(C(=O)C(C)Oc2ccccc2[N+](=O)[O-])cc1OC. The van der Waals surface area contributed by atoms with Gasteiger partial charge in [0, 0.05) is 11.6 Å². The molecular weight excluding hydrogens is 314 g/mol. The fourth-order valence-electron chi connectivity index (χ4n) is 2.18. The minimum atomic E-state index is -0.899. The third kappa shape index (κ3) is 3.62. The van der Waals surface area contributed by atoms with E-state index in [-0.39, 0.29) is 17.2 Å². The van der Waals surface area contributed by atoms with E-state index < -0.39 is 11.0 Å². The second-order valence-electron chi connectivity index (χ2n) is 4.92. The van der Waals surface area contributed by atoms with E-state index in [0.717, 1.165) is 0 Å². The molecule has 0 heterocycles. The highest BCUT2D eigenvalue weighted by Crippen LogP contribution is 2.30. The summed E-state index contributed by atoms with van der Waals surface area (Å²) >= 11 is 0. The largest absolute Gasteiger partial charge is 0.493 e. The first kappa shape index (κ1) is 17.3. The van der Waals surface area contributed by atoms with Crippen LogP contribution in [0.4, 0.5) is 5.69 Å². The summed E-state index contributed by atoms with van der Waals surface area (Å²) in [5.74, 6) is 0.639. The number of nitro benzene ring substituents is 1. The van der Waals surface area contributed by atoms with Crippen molar-refractivity contribution in [2.24, 2.45) is 0 Å². The molecule has 0 aliphatic carbocycles. The summed E-state index contributed by atoms with van der Waals surface area (Å²) in [6.45, 7) is 1.54. The zero-order valence-corrected chi connectivity index (χ0v) is 13.5. The second kappa shape index (κ2) is 7.45. The number of benzene rings is 2. The topological polar surface area (TPSA) is 87.9 Å². The van der Waals surface area contributed by atoms with E-state index >= 15 is 0 Å². The van der Waals surface area contributed by atoms with Crippen molar-refractivity contribution in [1.29, 1.82) is 0 Å². The molecular formula is C17H17NO6. The van der Waals surface area contributed by atoms with Gasteiger partial charge in [-0.1, -0.05) is 12.1 Å². The maximum absolute atomic E-state index is 12.5. The Hall–Kier alpha value is -3.09. The van der Waals surface area contributed by atoms with Crippen LogP contribution in [0.15, 0.2) is 42.5 Å². The van der Waals surface area contributed by atoms with Gasteiger partial charge in [-0.3, -0.25) is 14.9 Å². The molecule has 7 heteroatoms. The Kier molecular flexibility index (Phi) is 5.36. The van der Waals surface area contributed by atoms with Gasteiger partial charge >= 0.3 is 5.69 Å². The molecule has 24 heavy (non-hydrogen) atoms. The van der Waals surface area contributed by atoms with Crippen molar-refractivity contribution in [1.82, 2.24) is 0 Å². The smallest absolute Gasteiger partial charge is 0.310 e. The summed E-state index contributed by atoms with van der Waals surface area (Å²) in [5, 5.41) is 11.0. The molecule has 0 saturated carbocycles. The summed E-state index contributed by atoms with van der Waals surface area (Å²) in [4.78, 5) is 23.0. The average molecular weight is 331 g/mol. The number of rotatable bonds is 7. The number of para-hydroxylation sites is 2. The standard InChI is InChI=1S/C17H17NO6/c1-11(24-14-7-5-4-6-13(14)18(20)21)17(19)12-8-9-15(22-2)16(10-12)23-3/h4-11H,1-3H3. The molecule has 2 aromatic carbocycles. The zero-order chi connectivity index (χ0) is 17.7. The molecule has 0 aromatic heterocycles. The van der Waals surface area contributed by atoms with E-state index in [9.17, 15) is 14.9 Å². The number of carbonyl (C=O) groups excluding carboxylic acids is 1. The molecule has 0 spiro atoms. The molecule has 0 saturated heterocycles. The molecule has 1 unspecified atom stereocenters. The highest BCUT2D eigenvalue weighted by atomic mass is 16.6. The highest BCUT2D eigenvalue weighted by Gasteiger charge is 2.22. The van der Waals surface area contributed by atoms with Gasteiger partial charge in [0.25, 0.3) is 0 Å². The Morgan fingerprint density at radius 1 is 1.04 bits per heavy atom. The number of carbonyl (C=O) groups is 1. The first-order valence-corrected chi connectivity index (χ1v) is 7.14. The van der Waals surface area contributed by atoms with E-state index in [1.54, 1.807) is 24.3 Å². The number of ketones is 1. The van der Waals surface area contributed by atoms with E-state index in [1.165, 1.54) is 39.3 Å². The molecule has 2 rings (SSSR count). The number of hydrogen-bond acceptors (Lipinski definition) is 6. The fourth-order valence-corrected chi connectivity index (χ4v) is 2.18. The predicted octanol–water partition coefficient (Wildman–Crippen LogP) is 3.26. The summed E-state index contributed by atoms with van der Waals surface area (Å²) in [5.41, 5.74) is 0.170. The van der Waals surface area contributed by atoms with Crippen molar-refractivity contribution in [3.63, 3.8) is 0 Å². The molecule has 1 atom stereocenters. The van der Waals surface area contributed by atoms with Crippen molar-refractivity contribution in [2.75, 3.05) is 14.2 Å². The lowest BCUT2D eigenvalue weighted by Crippen LogP contribution is -2.24. The number of Topliss-reactive ketones (excluding diaryl/α,β-unsaturated/α-hetero) is 1. The first-order valence-electron chi connectivity index (χ1n) is 7.14. The van der Waals surface area contributed by atoms with Crippen molar-refractivity contribution < 1.29 is 23.9 Å².